The van der Waals surface area contributed by atoms with Crippen molar-refractivity contribution < 1.29 is 13.2 Å². The number of sulfonamides is 1. The van der Waals surface area contributed by atoms with E-state index in [1.165, 1.54) is 0 Å². The second kappa shape index (κ2) is 8.01. The number of hydrogen-bond acceptors (Lipinski definition) is 3. The molecule has 2 rings (SSSR count). The fourth-order valence-corrected chi connectivity index (χ4v) is 4.21. The van der Waals surface area contributed by atoms with Crippen molar-refractivity contribution in [1.82, 2.24) is 4.31 Å². The predicted octanol–water partition coefficient (Wildman–Crippen LogP) is 2.88. The summed E-state index contributed by atoms with van der Waals surface area (Å²) in [5, 5.41) is 0. The van der Waals surface area contributed by atoms with Crippen molar-refractivity contribution in [2.24, 2.45) is 0 Å². The van der Waals surface area contributed by atoms with Crippen LogP contribution >= 0.6 is 11.6 Å². The number of rotatable bonds is 7. The topological polar surface area (TPSA) is 46.6 Å². The van der Waals surface area contributed by atoms with Crippen molar-refractivity contribution in [3.05, 3.63) is 30.3 Å². The summed E-state index contributed by atoms with van der Waals surface area (Å²) in [6.45, 7) is 1.08. The van der Waals surface area contributed by atoms with E-state index in [1.807, 2.05) is 30.3 Å². The molecule has 0 unspecified atom stereocenters. The number of hydrogen-bond donors (Lipinski definition) is 0. The molecule has 1 aromatic rings. The first-order valence-corrected chi connectivity index (χ1v) is 9.51. The fourth-order valence-electron chi connectivity index (χ4n) is 2.43. The molecule has 1 aliphatic rings. The summed E-state index contributed by atoms with van der Waals surface area (Å²) in [4.78, 5) is 0. The summed E-state index contributed by atoms with van der Waals surface area (Å²) in [5.41, 5.74) is 0. The lowest BCUT2D eigenvalue weighted by molar-refractivity contribution is 0.135. The van der Waals surface area contributed by atoms with Gasteiger partial charge in [0.05, 0.1) is 5.75 Å². The van der Waals surface area contributed by atoms with Gasteiger partial charge < -0.3 is 4.74 Å². The molecule has 0 N–H and O–H groups in total. The van der Waals surface area contributed by atoms with Gasteiger partial charge in [-0.15, -0.1) is 11.6 Å². The van der Waals surface area contributed by atoms with E-state index in [0.717, 1.165) is 25.0 Å². The minimum atomic E-state index is -3.13. The van der Waals surface area contributed by atoms with Crippen LogP contribution in [0.25, 0.3) is 0 Å². The molecule has 0 aromatic heterocycles. The highest BCUT2D eigenvalue weighted by Gasteiger charge is 2.28. The van der Waals surface area contributed by atoms with Crippen LogP contribution in [0.15, 0.2) is 30.3 Å². The van der Waals surface area contributed by atoms with E-state index in [1.54, 1.807) is 4.31 Å². The Morgan fingerprint density at radius 2 is 1.81 bits per heavy atom. The zero-order chi connectivity index (χ0) is 15.1. The Hall–Kier alpha value is -0.780. The van der Waals surface area contributed by atoms with Crippen LogP contribution in [0, 0.1) is 0 Å². The molecule has 0 amide bonds. The van der Waals surface area contributed by atoms with Crippen LogP contribution in [0.5, 0.6) is 5.75 Å². The van der Waals surface area contributed by atoms with Crippen LogP contribution in [-0.4, -0.2) is 43.5 Å². The number of unbranched alkanes of at least 4 members (excludes halogenated alkanes) is 1. The lowest BCUT2D eigenvalue weighted by Crippen LogP contribution is -2.42. The molecule has 1 aromatic carbocycles. The molecule has 0 radical (unpaired) electrons. The number of ether oxygens (including phenoxy) is 1. The molecule has 1 fully saturated rings. The Morgan fingerprint density at radius 1 is 1.14 bits per heavy atom. The maximum absolute atomic E-state index is 12.2. The number of halogens is 1. The average molecular weight is 332 g/mol. The van der Waals surface area contributed by atoms with Gasteiger partial charge in [-0.25, -0.2) is 12.7 Å². The van der Waals surface area contributed by atoms with Gasteiger partial charge in [-0.3, -0.25) is 0 Å². The molecule has 1 saturated heterocycles. The Labute approximate surface area is 132 Å². The lowest BCUT2D eigenvalue weighted by atomic mass is 10.1. The molecule has 0 spiro atoms. The number of benzene rings is 1. The van der Waals surface area contributed by atoms with E-state index in [2.05, 4.69) is 0 Å². The molecule has 0 aliphatic carbocycles. The van der Waals surface area contributed by atoms with Gasteiger partial charge in [0.2, 0.25) is 10.0 Å². The SMILES string of the molecule is O=S(=O)(CCCCCl)N1CCC(Oc2ccccc2)CC1. The summed E-state index contributed by atoms with van der Waals surface area (Å²) < 4.78 is 31.8. The van der Waals surface area contributed by atoms with Gasteiger partial charge >= 0.3 is 0 Å². The van der Waals surface area contributed by atoms with Crippen molar-refractivity contribution >= 4 is 21.6 Å². The Kier molecular flexibility index (Phi) is 6.33. The predicted molar refractivity (Wildman–Crippen MR) is 85.4 cm³/mol. The van der Waals surface area contributed by atoms with Gasteiger partial charge in [-0.2, -0.15) is 0 Å². The highest BCUT2D eigenvalue weighted by atomic mass is 35.5. The van der Waals surface area contributed by atoms with E-state index >= 15 is 0 Å². The number of nitrogens with zero attached hydrogens (tertiary/aromatic N) is 1. The number of para-hydroxylation sites is 1. The van der Waals surface area contributed by atoms with Crippen molar-refractivity contribution in [2.75, 3.05) is 24.7 Å². The lowest BCUT2D eigenvalue weighted by Gasteiger charge is -2.31. The minimum absolute atomic E-state index is 0.0988. The first-order chi connectivity index (χ1) is 10.1. The van der Waals surface area contributed by atoms with E-state index in [9.17, 15) is 8.42 Å². The standard InChI is InChI=1S/C15H22ClNO3S/c16-10-4-5-13-21(18,19)17-11-8-15(9-12-17)20-14-6-2-1-3-7-14/h1-3,6-7,15H,4-5,8-13H2. The molecule has 4 nitrogen and oxygen atoms in total. The number of piperidine rings is 1. The fraction of sp³-hybridized carbons (Fsp3) is 0.600. The molecule has 0 atom stereocenters. The largest absolute Gasteiger partial charge is 0.490 e. The molecule has 6 heteroatoms. The van der Waals surface area contributed by atoms with Gasteiger partial charge in [0.1, 0.15) is 11.9 Å². The maximum Gasteiger partial charge on any atom is 0.214 e. The highest BCUT2D eigenvalue weighted by molar-refractivity contribution is 7.89. The van der Waals surface area contributed by atoms with Crippen LogP contribution < -0.4 is 4.74 Å². The van der Waals surface area contributed by atoms with Crippen molar-refractivity contribution in [3.63, 3.8) is 0 Å². The normalized spacial score (nSPS) is 17.8. The highest BCUT2D eigenvalue weighted by Crippen LogP contribution is 2.20. The smallest absolute Gasteiger partial charge is 0.214 e. The Bertz CT molecular complexity index is 513. The molecule has 1 heterocycles. The summed E-state index contributed by atoms with van der Waals surface area (Å²) in [6.07, 6.45) is 2.95. The quantitative estimate of drug-likeness (QED) is 0.570. The first-order valence-electron chi connectivity index (χ1n) is 7.37. The third-order valence-corrected chi connectivity index (χ3v) is 5.85. The van der Waals surface area contributed by atoms with Gasteiger partial charge in [-0.05, 0) is 37.8 Å². The second-order valence-corrected chi connectivity index (χ2v) is 7.71. The molecule has 0 bridgehead atoms. The van der Waals surface area contributed by atoms with E-state index in [4.69, 9.17) is 16.3 Å². The van der Waals surface area contributed by atoms with Crippen LogP contribution in [0.1, 0.15) is 25.7 Å². The molecule has 118 valence electrons. The summed E-state index contributed by atoms with van der Waals surface area (Å²) >= 11 is 5.59. The Morgan fingerprint density at radius 3 is 2.43 bits per heavy atom. The summed E-state index contributed by atoms with van der Waals surface area (Å²) in [7, 11) is -3.13. The van der Waals surface area contributed by atoms with Gasteiger partial charge in [0.25, 0.3) is 0 Å². The van der Waals surface area contributed by atoms with Crippen LogP contribution in [0.2, 0.25) is 0 Å². The maximum atomic E-state index is 12.2. The van der Waals surface area contributed by atoms with Crippen molar-refractivity contribution in [1.29, 1.82) is 0 Å². The van der Waals surface area contributed by atoms with E-state index < -0.39 is 10.0 Å². The zero-order valence-electron chi connectivity index (χ0n) is 12.1. The molecule has 21 heavy (non-hydrogen) atoms. The van der Waals surface area contributed by atoms with Gasteiger partial charge in [-0.1, -0.05) is 18.2 Å². The van der Waals surface area contributed by atoms with Crippen LogP contribution in [0.4, 0.5) is 0 Å². The summed E-state index contributed by atoms with van der Waals surface area (Å²) in [6, 6.07) is 9.67. The Balaban J connectivity index is 1.80. The van der Waals surface area contributed by atoms with Crippen LogP contribution in [-0.2, 0) is 10.0 Å². The first kappa shape index (κ1) is 16.6. The summed E-state index contributed by atoms with van der Waals surface area (Å²) in [5.74, 6) is 1.56. The molecular formula is C15H22ClNO3S. The van der Waals surface area contributed by atoms with Gasteiger partial charge in [0, 0.05) is 19.0 Å². The zero-order valence-corrected chi connectivity index (χ0v) is 13.7. The van der Waals surface area contributed by atoms with Crippen molar-refractivity contribution in [2.45, 2.75) is 31.8 Å². The monoisotopic (exact) mass is 331 g/mol. The molecule has 0 saturated carbocycles. The van der Waals surface area contributed by atoms with E-state index in [-0.39, 0.29) is 11.9 Å². The minimum Gasteiger partial charge on any atom is -0.490 e. The van der Waals surface area contributed by atoms with Crippen molar-refractivity contribution in [3.8, 4) is 5.75 Å². The average Bonchev–Trinajstić information content (AvgIpc) is 2.49. The second-order valence-electron chi connectivity index (χ2n) is 5.24. The third-order valence-electron chi connectivity index (χ3n) is 3.63. The molecular weight excluding hydrogens is 310 g/mol. The van der Waals surface area contributed by atoms with Gasteiger partial charge in [0.15, 0.2) is 0 Å². The molecule has 1 aliphatic heterocycles. The number of alkyl halides is 1. The third kappa shape index (κ3) is 5.16. The van der Waals surface area contributed by atoms with Crippen LogP contribution in [0.3, 0.4) is 0 Å². The van der Waals surface area contributed by atoms with E-state index in [0.29, 0.717) is 25.4 Å².